The lowest BCUT2D eigenvalue weighted by Gasteiger charge is -2.05. The third-order valence-electron chi connectivity index (χ3n) is 2.33. The fraction of sp³-hybridized carbons (Fsp3) is 0.357. The van der Waals surface area contributed by atoms with Crippen molar-refractivity contribution < 1.29 is 23.9 Å². The summed E-state index contributed by atoms with van der Waals surface area (Å²) in [5.74, 6) is -0.0474. The molecule has 0 unspecified atom stereocenters. The Bertz CT molecular complexity index is 436. The highest BCUT2D eigenvalue weighted by atomic mass is 16.5. The summed E-state index contributed by atoms with van der Waals surface area (Å²) in [5, 5.41) is 0. The van der Waals surface area contributed by atoms with E-state index in [0.717, 1.165) is 6.29 Å². The Labute approximate surface area is 111 Å². The summed E-state index contributed by atoms with van der Waals surface area (Å²) in [6, 6.07) is 6.43. The summed E-state index contributed by atoms with van der Waals surface area (Å²) in [6.07, 6.45) is 0.902. The van der Waals surface area contributed by atoms with Crippen molar-refractivity contribution >= 4 is 18.0 Å². The zero-order valence-corrected chi connectivity index (χ0v) is 10.8. The lowest BCUT2D eigenvalue weighted by Crippen LogP contribution is -2.14. The molecule has 5 nitrogen and oxygen atoms in total. The number of aldehydes is 1. The van der Waals surface area contributed by atoms with Gasteiger partial charge in [-0.1, -0.05) is 0 Å². The van der Waals surface area contributed by atoms with Crippen LogP contribution in [0.25, 0.3) is 0 Å². The molecule has 0 atom stereocenters. The molecule has 0 aliphatic carbocycles. The van der Waals surface area contributed by atoms with Crippen molar-refractivity contribution in [2.45, 2.75) is 19.8 Å². The Hall–Kier alpha value is -2.17. The summed E-state index contributed by atoms with van der Waals surface area (Å²) in [4.78, 5) is 33.0. The smallest absolute Gasteiger partial charge is 0.306 e. The first-order valence-corrected chi connectivity index (χ1v) is 6.01. The number of ether oxygens (including phenoxy) is 2. The molecule has 0 heterocycles. The minimum atomic E-state index is -0.383. The van der Waals surface area contributed by atoms with Crippen LogP contribution in [-0.2, 0) is 14.3 Å². The second-order valence-electron chi connectivity index (χ2n) is 3.82. The van der Waals surface area contributed by atoms with Crippen LogP contribution >= 0.6 is 0 Å². The van der Waals surface area contributed by atoms with Crippen molar-refractivity contribution in [3.8, 4) is 5.75 Å². The van der Waals surface area contributed by atoms with Gasteiger partial charge < -0.3 is 9.47 Å². The van der Waals surface area contributed by atoms with E-state index < -0.39 is 0 Å². The minimum Gasteiger partial charge on any atom is -0.486 e. The summed E-state index contributed by atoms with van der Waals surface area (Å²) in [5.41, 5.74) is 0.543. The predicted molar refractivity (Wildman–Crippen MR) is 68.2 cm³/mol. The van der Waals surface area contributed by atoms with Gasteiger partial charge in [0.1, 0.15) is 18.6 Å². The molecule has 0 spiro atoms. The normalized spacial score (nSPS) is 9.74. The molecule has 1 aromatic carbocycles. The van der Waals surface area contributed by atoms with E-state index in [1.54, 1.807) is 31.2 Å². The molecule has 1 rings (SSSR count). The number of ketones is 1. The molecule has 0 saturated carbocycles. The molecule has 0 N–H and O–H groups in total. The van der Waals surface area contributed by atoms with E-state index in [1.807, 2.05) is 0 Å². The highest BCUT2D eigenvalue weighted by molar-refractivity contribution is 5.84. The molecule has 5 heteroatoms. The van der Waals surface area contributed by atoms with Crippen LogP contribution in [0.15, 0.2) is 24.3 Å². The van der Waals surface area contributed by atoms with Crippen molar-refractivity contribution in [3.05, 3.63) is 29.8 Å². The highest BCUT2D eigenvalue weighted by Gasteiger charge is 2.08. The number of carbonyl (C=O) groups is 3. The number of Topliss-reactive ketones (excluding diaryl/α,β-unsaturated/α-hetero) is 1. The first-order valence-electron chi connectivity index (χ1n) is 6.01. The summed E-state index contributed by atoms with van der Waals surface area (Å²) >= 11 is 0. The average Bonchev–Trinajstić information content (AvgIpc) is 2.44. The van der Waals surface area contributed by atoms with Gasteiger partial charge in [0.15, 0.2) is 5.78 Å². The molecule has 0 bridgehead atoms. The fourth-order valence-electron chi connectivity index (χ4n) is 1.35. The van der Waals surface area contributed by atoms with Gasteiger partial charge in [-0.2, -0.15) is 0 Å². The van der Waals surface area contributed by atoms with Crippen molar-refractivity contribution in [3.63, 3.8) is 0 Å². The van der Waals surface area contributed by atoms with Crippen molar-refractivity contribution in [2.24, 2.45) is 0 Å². The van der Waals surface area contributed by atoms with Crippen LogP contribution < -0.4 is 4.74 Å². The maximum absolute atomic E-state index is 11.5. The number of hydrogen-bond acceptors (Lipinski definition) is 5. The molecular weight excluding hydrogens is 248 g/mol. The predicted octanol–water partition coefficient (Wildman–Crippen LogP) is 1.79. The van der Waals surface area contributed by atoms with Crippen LogP contribution in [0, 0.1) is 0 Å². The fourth-order valence-corrected chi connectivity index (χ4v) is 1.35. The molecule has 0 saturated heterocycles. The third-order valence-corrected chi connectivity index (χ3v) is 2.33. The van der Waals surface area contributed by atoms with E-state index >= 15 is 0 Å². The van der Waals surface area contributed by atoms with E-state index in [9.17, 15) is 14.4 Å². The Morgan fingerprint density at radius 3 is 2.42 bits per heavy atom. The Kier molecular flexibility index (Phi) is 6.29. The zero-order chi connectivity index (χ0) is 14.1. The van der Waals surface area contributed by atoms with Crippen LogP contribution in [0.3, 0.4) is 0 Å². The van der Waals surface area contributed by atoms with Gasteiger partial charge in [-0.3, -0.25) is 14.4 Å². The van der Waals surface area contributed by atoms with Crippen molar-refractivity contribution in [2.75, 3.05) is 13.2 Å². The number of benzene rings is 1. The first-order chi connectivity index (χ1) is 9.15. The summed E-state index contributed by atoms with van der Waals surface area (Å²) in [6.45, 7) is 1.93. The zero-order valence-electron chi connectivity index (χ0n) is 10.8. The number of esters is 1. The number of hydrogen-bond donors (Lipinski definition) is 0. The summed E-state index contributed by atoms with van der Waals surface area (Å²) in [7, 11) is 0. The van der Waals surface area contributed by atoms with Gasteiger partial charge in [0.2, 0.25) is 0 Å². The van der Waals surface area contributed by atoms with Gasteiger partial charge in [0, 0.05) is 12.0 Å². The van der Waals surface area contributed by atoms with E-state index in [4.69, 9.17) is 9.47 Å². The van der Waals surface area contributed by atoms with Gasteiger partial charge in [-0.05, 0) is 31.2 Å². The SMILES string of the molecule is CCOC(=O)CCC(=O)COc1ccc(C=O)cc1. The van der Waals surface area contributed by atoms with Crippen molar-refractivity contribution in [1.29, 1.82) is 0 Å². The molecule has 19 heavy (non-hydrogen) atoms. The second-order valence-corrected chi connectivity index (χ2v) is 3.82. The standard InChI is InChI=1S/C14H16O5/c1-2-18-14(17)8-5-12(16)10-19-13-6-3-11(9-15)4-7-13/h3-4,6-7,9H,2,5,8,10H2,1H3. The van der Waals surface area contributed by atoms with Gasteiger partial charge in [0.05, 0.1) is 13.0 Å². The third kappa shape index (κ3) is 5.81. The van der Waals surface area contributed by atoms with Gasteiger partial charge in [-0.25, -0.2) is 0 Å². The minimum absolute atomic E-state index is 0.0696. The van der Waals surface area contributed by atoms with E-state index in [0.29, 0.717) is 17.9 Å². The van der Waals surface area contributed by atoms with Crippen LogP contribution in [0.4, 0.5) is 0 Å². The number of rotatable bonds is 8. The van der Waals surface area contributed by atoms with Gasteiger partial charge >= 0.3 is 5.97 Å². The molecule has 0 aromatic heterocycles. The Morgan fingerprint density at radius 2 is 1.84 bits per heavy atom. The molecule has 0 fully saturated rings. The van der Waals surface area contributed by atoms with E-state index in [2.05, 4.69) is 0 Å². The van der Waals surface area contributed by atoms with Crippen LogP contribution in [0.1, 0.15) is 30.1 Å². The first kappa shape index (κ1) is 14.9. The maximum atomic E-state index is 11.5. The van der Waals surface area contributed by atoms with Gasteiger partial charge in [-0.15, -0.1) is 0 Å². The lowest BCUT2D eigenvalue weighted by molar-refractivity contribution is -0.144. The lowest BCUT2D eigenvalue weighted by atomic mass is 10.2. The van der Waals surface area contributed by atoms with Crippen molar-refractivity contribution in [1.82, 2.24) is 0 Å². The second kappa shape index (κ2) is 8.02. The number of carbonyl (C=O) groups excluding carboxylic acids is 3. The monoisotopic (exact) mass is 264 g/mol. The quantitative estimate of drug-likeness (QED) is 0.529. The van der Waals surface area contributed by atoms with Gasteiger partial charge in [0.25, 0.3) is 0 Å². The van der Waals surface area contributed by atoms with Crippen LogP contribution in [0.2, 0.25) is 0 Å². The Balaban J connectivity index is 2.29. The topological polar surface area (TPSA) is 69.7 Å². The molecule has 102 valence electrons. The molecular formula is C14H16O5. The highest BCUT2D eigenvalue weighted by Crippen LogP contribution is 2.11. The summed E-state index contributed by atoms with van der Waals surface area (Å²) < 4.78 is 9.96. The largest absolute Gasteiger partial charge is 0.486 e. The van der Waals surface area contributed by atoms with Crippen LogP contribution in [0.5, 0.6) is 5.75 Å². The van der Waals surface area contributed by atoms with E-state index in [-0.39, 0.29) is 31.2 Å². The molecule has 1 aromatic rings. The average molecular weight is 264 g/mol. The van der Waals surface area contributed by atoms with Crippen LogP contribution in [-0.4, -0.2) is 31.3 Å². The molecule has 0 aliphatic heterocycles. The molecule has 0 amide bonds. The molecule has 0 radical (unpaired) electrons. The molecule has 0 aliphatic rings. The maximum Gasteiger partial charge on any atom is 0.306 e. The van der Waals surface area contributed by atoms with E-state index in [1.165, 1.54) is 0 Å². The Morgan fingerprint density at radius 1 is 1.16 bits per heavy atom.